The summed E-state index contributed by atoms with van der Waals surface area (Å²) in [6.45, 7) is 10.0. The number of aromatic nitrogens is 6. The third kappa shape index (κ3) is 5.39. The van der Waals surface area contributed by atoms with Crippen molar-refractivity contribution >= 4 is 16.6 Å². The second-order valence-electron chi connectivity index (χ2n) is 11.1. The number of hydrogen-bond donors (Lipinski definition) is 2. The predicted octanol–water partition coefficient (Wildman–Crippen LogP) is 5.62. The molecular weight excluding hydrogens is 484 g/mol. The van der Waals surface area contributed by atoms with Crippen molar-refractivity contribution in [1.29, 1.82) is 0 Å². The van der Waals surface area contributed by atoms with Gasteiger partial charge in [-0.25, -0.2) is 4.98 Å². The van der Waals surface area contributed by atoms with Crippen molar-refractivity contribution in [2.24, 2.45) is 5.92 Å². The number of nitrogens with one attached hydrogen (secondary N) is 2. The fraction of sp³-hybridized carbons (Fsp3) is 0.419. The molecule has 1 saturated carbocycles. The van der Waals surface area contributed by atoms with Crippen molar-refractivity contribution in [2.45, 2.75) is 45.4 Å². The van der Waals surface area contributed by atoms with Crippen molar-refractivity contribution in [3.63, 3.8) is 0 Å². The summed E-state index contributed by atoms with van der Waals surface area (Å²) in [7, 11) is 2.17. The number of H-pyrrole nitrogens is 2. The lowest BCUT2D eigenvalue weighted by Crippen LogP contribution is -2.43. The van der Waals surface area contributed by atoms with Crippen LogP contribution in [0.5, 0.6) is 0 Å². The molecule has 0 bridgehead atoms. The van der Waals surface area contributed by atoms with Gasteiger partial charge in [-0.05, 0) is 50.1 Å². The molecule has 4 aromatic rings. The number of allylic oxidation sites excluding steroid dienone is 2. The van der Waals surface area contributed by atoms with Crippen LogP contribution in [-0.2, 0) is 6.42 Å². The molecule has 2 N–H and O–H groups in total. The van der Waals surface area contributed by atoms with Gasteiger partial charge in [0.15, 0.2) is 5.82 Å². The summed E-state index contributed by atoms with van der Waals surface area (Å²) in [6, 6.07) is 4.36. The maximum atomic E-state index is 5.05. The molecule has 8 heteroatoms. The molecule has 2 fully saturated rings. The number of aryl methyl sites for hydroxylation is 1. The van der Waals surface area contributed by atoms with Crippen LogP contribution in [0.4, 0.5) is 0 Å². The van der Waals surface area contributed by atoms with E-state index in [4.69, 9.17) is 9.97 Å². The highest BCUT2D eigenvalue weighted by atomic mass is 15.3. The first-order valence-corrected chi connectivity index (χ1v) is 14.2. The van der Waals surface area contributed by atoms with Crippen LogP contribution < -0.4 is 0 Å². The van der Waals surface area contributed by atoms with E-state index in [0.717, 1.165) is 89.3 Å². The molecule has 0 spiro atoms. The van der Waals surface area contributed by atoms with Gasteiger partial charge in [0.1, 0.15) is 11.4 Å². The fourth-order valence-electron chi connectivity index (χ4n) is 6.03. The molecule has 6 rings (SSSR count). The summed E-state index contributed by atoms with van der Waals surface area (Å²) in [5.74, 6) is 1.52. The summed E-state index contributed by atoms with van der Waals surface area (Å²) < 4.78 is 0. The molecule has 0 aromatic carbocycles. The number of pyridine rings is 2. The second-order valence-corrected chi connectivity index (χ2v) is 11.1. The largest absolute Gasteiger partial charge is 0.367 e. The molecule has 4 aromatic heterocycles. The molecule has 8 nitrogen and oxygen atoms in total. The highest BCUT2D eigenvalue weighted by Gasteiger charge is 2.23. The van der Waals surface area contributed by atoms with Crippen LogP contribution in [0.2, 0.25) is 0 Å². The SMILES string of the molecule is C=C/C=C(\c1nc(-c2n[nH]c3cnc(-c4cncc(CC5CCCCC5)c4)cc23)[nH]c1C)N1CCN(C)CC1. The van der Waals surface area contributed by atoms with Crippen molar-refractivity contribution < 1.29 is 0 Å². The summed E-state index contributed by atoms with van der Waals surface area (Å²) in [5.41, 5.74) is 7.98. The van der Waals surface area contributed by atoms with Crippen LogP contribution in [0.15, 0.2) is 49.5 Å². The van der Waals surface area contributed by atoms with Crippen molar-refractivity contribution in [1.82, 2.24) is 39.9 Å². The van der Waals surface area contributed by atoms with Crippen molar-refractivity contribution in [3.05, 3.63) is 66.4 Å². The Labute approximate surface area is 230 Å². The van der Waals surface area contributed by atoms with Crippen LogP contribution in [-0.4, -0.2) is 73.2 Å². The molecular formula is C31H38N8. The lowest BCUT2D eigenvalue weighted by atomic mass is 9.85. The van der Waals surface area contributed by atoms with E-state index in [1.165, 1.54) is 37.7 Å². The van der Waals surface area contributed by atoms with Gasteiger partial charge in [-0.2, -0.15) is 5.10 Å². The molecule has 0 amide bonds. The zero-order chi connectivity index (χ0) is 26.8. The standard InChI is InChI=1S/C31H38N8/c1-4-8-28(39-13-11-38(3)12-14-39)29-21(2)34-31(35-29)30-25-17-26(33-20-27(25)36-37-30)24-16-23(18-32-19-24)15-22-9-6-5-7-10-22/h4,8,16-20,22H,1,5-7,9-15H2,2-3H3,(H,34,35)(H,36,37)/b28-8+. The maximum absolute atomic E-state index is 5.05. The highest BCUT2D eigenvalue weighted by Crippen LogP contribution is 2.32. The third-order valence-corrected chi connectivity index (χ3v) is 8.26. The number of likely N-dealkylation sites (N-methyl/N-ethyl adjacent to an activating group) is 1. The Kier molecular flexibility index (Phi) is 7.28. The Morgan fingerprint density at radius 3 is 2.69 bits per heavy atom. The van der Waals surface area contributed by atoms with Crippen LogP contribution in [0.3, 0.4) is 0 Å². The van der Waals surface area contributed by atoms with E-state index >= 15 is 0 Å². The normalized spacial score (nSPS) is 17.7. The molecule has 1 aliphatic carbocycles. The van der Waals surface area contributed by atoms with Crippen molar-refractivity contribution in [3.8, 4) is 22.8 Å². The van der Waals surface area contributed by atoms with Crippen LogP contribution >= 0.6 is 0 Å². The number of rotatable bonds is 7. The topological polar surface area (TPSA) is 89.6 Å². The van der Waals surface area contributed by atoms with E-state index in [1.807, 2.05) is 24.7 Å². The number of hydrogen-bond acceptors (Lipinski definition) is 6. The van der Waals surface area contributed by atoms with Gasteiger partial charge in [-0.15, -0.1) is 0 Å². The van der Waals surface area contributed by atoms with E-state index in [-0.39, 0.29) is 0 Å². The zero-order valence-electron chi connectivity index (χ0n) is 23.1. The van der Waals surface area contributed by atoms with Gasteiger partial charge in [0.25, 0.3) is 0 Å². The number of fused-ring (bicyclic) bond motifs is 1. The smallest absolute Gasteiger partial charge is 0.159 e. The Morgan fingerprint density at radius 1 is 1.08 bits per heavy atom. The minimum Gasteiger partial charge on any atom is -0.367 e. The number of piperazine rings is 1. The minimum atomic E-state index is 0.749. The monoisotopic (exact) mass is 522 g/mol. The van der Waals surface area contributed by atoms with Gasteiger partial charge in [0.2, 0.25) is 0 Å². The van der Waals surface area contributed by atoms with E-state index in [9.17, 15) is 0 Å². The highest BCUT2D eigenvalue weighted by molar-refractivity contribution is 5.93. The van der Waals surface area contributed by atoms with E-state index in [2.05, 4.69) is 68.7 Å². The first kappa shape index (κ1) is 25.5. The number of imidazole rings is 1. The molecule has 5 heterocycles. The van der Waals surface area contributed by atoms with Gasteiger partial charge in [0, 0.05) is 55.2 Å². The Morgan fingerprint density at radius 2 is 1.90 bits per heavy atom. The van der Waals surface area contributed by atoms with Gasteiger partial charge in [0.05, 0.1) is 23.1 Å². The van der Waals surface area contributed by atoms with Crippen LogP contribution in [0, 0.1) is 12.8 Å². The van der Waals surface area contributed by atoms with Crippen molar-refractivity contribution in [2.75, 3.05) is 33.2 Å². The van der Waals surface area contributed by atoms with Gasteiger partial charge < -0.3 is 14.8 Å². The zero-order valence-corrected chi connectivity index (χ0v) is 23.1. The minimum absolute atomic E-state index is 0.749. The summed E-state index contributed by atoms with van der Waals surface area (Å²) in [4.78, 5) is 22.6. The first-order valence-electron chi connectivity index (χ1n) is 14.2. The molecule has 202 valence electrons. The van der Waals surface area contributed by atoms with E-state index in [0.29, 0.717) is 0 Å². The fourth-order valence-corrected chi connectivity index (χ4v) is 6.03. The lowest BCUT2D eigenvalue weighted by Gasteiger charge is -2.35. The average Bonchev–Trinajstić information content (AvgIpc) is 3.56. The van der Waals surface area contributed by atoms with E-state index in [1.54, 1.807) is 0 Å². The number of aromatic amines is 2. The lowest BCUT2D eigenvalue weighted by molar-refractivity contribution is 0.207. The maximum Gasteiger partial charge on any atom is 0.159 e. The molecule has 1 aliphatic heterocycles. The summed E-state index contributed by atoms with van der Waals surface area (Å²) in [5, 5.41) is 8.78. The Balaban J connectivity index is 1.30. The predicted molar refractivity (Wildman–Crippen MR) is 157 cm³/mol. The first-order chi connectivity index (χ1) is 19.1. The molecule has 0 unspecified atom stereocenters. The molecule has 2 aliphatic rings. The molecule has 0 radical (unpaired) electrons. The molecule has 0 atom stereocenters. The summed E-state index contributed by atoms with van der Waals surface area (Å²) in [6.07, 6.45) is 17.5. The van der Waals surface area contributed by atoms with Crippen LogP contribution in [0.1, 0.15) is 49.1 Å². The second kappa shape index (κ2) is 11.1. The Hall–Kier alpha value is -3.78. The van der Waals surface area contributed by atoms with Crippen LogP contribution in [0.25, 0.3) is 39.4 Å². The Bertz CT molecular complexity index is 1480. The molecule has 1 saturated heterocycles. The van der Waals surface area contributed by atoms with E-state index < -0.39 is 0 Å². The number of nitrogens with zero attached hydrogens (tertiary/aromatic N) is 6. The van der Waals surface area contributed by atoms with Gasteiger partial charge in [-0.3, -0.25) is 15.1 Å². The van der Waals surface area contributed by atoms with Gasteiger partial charge >= 0.3 is 0 Å². The average molecular weight is 523 g/mol. The quantitative estimate of drug-likeness (QED) is 0.307. The summed E-state index contributed by atoms with van der Waals surface area (Å²) >= 11 is 0. The van der Waals surface area contributed by atoms with Gasteiger partial charge in [-0.1, -0.05) is 44.8 Å². The molecule has 39 heavy (non-hydrogen) atoms. The third-order valence-electron chi connectivity index (χ3n) is 8.26.